The van der Waals surface area contributed by atoms with Gasteiger partial charge in [-0.2, -0.15) is 0 Å². The van der Waals surface area contributed by atoms with Gasteiger partial charge in [-0.25, -0.2) is 4.79 Å². The second kappa shape index (κ2) is 5.63. The smallest absolute Gasteiger partial charge is 0.339 e. The first-order chi connectivity index (χ1) is 9.49. The Morgan fingerprint density at radius 3 is 2.50 bits per heavy atom. The van der Waals surface area contributed by atoms with E-state index in [9.17, 15) is 9.59 Å². The number of nitrogens with one attached hydrogen (secondary N) is 1. The number of anilines is 2. The van der Waals surface area contributed by atoms with Gasteiger partial charge in [-0.1, -0.05) is 23.7 Å². The van der Waals surface area contributed by atoms with Crippen molar-refractivity contribution in [1.29, 1.82) is 0 Å². The number of rotatable bonds is 3. The van der Waals surface area contributed by atoms with E-state index in [1.54, 1.807) is 24.3 Å². The maximum atomic E-state index is 12.0. The molecular formula is C14H11ClN2O3. The molecule has 0 aromatic heterocycles. The second-order valence-electron chi connectivity index (χ2n) is 4.05. The first kappa shape index (κ1) is 13.9. The van der Waals surface area contributed by atoms with E-state index < -0.39 is 11.9 Å². The van der Waals surface area contributed by atoms with Crippen molar-refractivity contribution < 1.29 is 14.7 Å². The van der Waals surface area contributed by atoms with E-state index in [4.69, 9.17) is 22.4 Å². The van der Waals surface area contributed by atoms with Crippen LogP contribution in [0.1, 0.15) is 20.7 Å². The zero-order chi connectivity index (χ0) is 14.7. The van der Waals surface area contributed by atoms with Gasteiger partial charge in [-0.05, 0) is 30.3 Å². The Labute approximate surface area is 120 Å². The molecule has 20 heavy (non-hydrogen) atoms. The highest BCUT2D eigenvalue weighted by atomic mass is 35.5. The van der Waals surface area contributed by atoms with E-state index >= 15 is 0 Å². The quantitative estimate of drug-likeness (QED) is 0.758. The van der Waals surface area contributed by atoms with E-state index in [2.05, 4.69) is 5.32 Å². The number of nitrogens with two attached hydrogens (primary N) is 1. The molecule has 0 saturated heterocycles. The predicted octanol–water partition coefficient (Wildman–Crippen LogP) is 2.87. The van der Waals surface area contributed by atoms with Crippen LogP contribution in [0.15, 0.2) is 42.5 Å². The average molecular weight is 291 g/mol. The van der Waals surface area contributed by atoms with Gasteiger partial charge in [0.15, 0.2) is 0 Å². The number of carbonyl (C=O) groups is 2. The van der Waals surface area contributed by atoms with E-state index in [1.807, 2.05) is 0 Å². The van der Waals surface area contributed by atoms with Crippen molar-refractivity contribution in [3.05, 3.63) is 58.6 Å². The molecule has 0 unspecified atom stereocenters. The van der Waals surface area contributed by atoms with Crippen LogP contribution in [-0.4, -0.2) is 17.0 Å². The summed E-state index contributed by atoms with van der Waals surface area (Å²) in [6.45, 7) is 0. The summed E-state index contributed by atoms with van der Waals surface area (Å²) >= 11 is 5.83. The molecule has 1 amide bonds. The molecule has 0 spiro atoms. The van der Waals surface area contributed by atoms with Gasteiger partial charge in [0.25, 0.3) is 5.91 Å². The third-order valence-electron chi connectivity index (χ3n) is 2.62. The van der Waals surface area contributed by atoms with Crippen LogP contribution in [0.5, 0.6) is 0 Å². The van der Waals surface area contributed by atoms with Crippen LogP contribution in [0.2, 0.25) is 5.02 Å². The molecule has 0 bridgehead atoms. The maximum Gasteiger partial charge on any atom is 0.339 e. The number of amides is 1. The highest BCUT2D eigenvalue weighted by molar-refractivity contribution is 6.34. The number of carbonyl (C=O) groups excluding carboxylic acids is 1. The van der Waals surface area contributed by atoms with Crippen LogP contribution in [0.25, 0.3) is 0 Å². The Morgan fingerprint density at radius 2 is 1.85 bits per heavy atom. The average Bonchev–Trinajstić information content (AvgIpc) is 2.38. The van der Waals surface area contributed by atoms with Gasteiger partial charge < -0.3 is 16.2 Å². The lowest BCUT2D eigenvalue weighted by atomic mass is 10.1. The fourth-order valence-electron chi connectivity index (χ4n) is 1.72. The van der Waals surface area contributed by atoms with Crippen LogP contribution in [-0.2, 0) is 0 Å². The minimum atomic E-state index is -1.21. The molecule has 0 radical (unpaired) electrons. The Bertz CT molecular complexity index is 686. The topological polar surface area (TPSA) is 92.4 Å². The van der Waals surface area contributed by atoms with Crippen molar-refractivity contribution in [2.45, 2.75) is 0 Å². The zero-order valence-corrected chi connectivity index (χ0v) is 11.0. The lowest BCUT2D eigenvalue weighted by Gasteiger charge is -2.10. The molecule has 6 heteroatoms. The molecule has 0 heterocycles. The van der Waals surface area contributed by atoms with Gasteiger partial charge in [0.1, 0.15) is 5.56 Å². The molecule has 2 aromatic carbocycles. The molecule has 0 aliphatic rings. The molecule has 5 nitrogen and oxygen atoms in total. The van der Waals surface area contributed by atoms with Gasteiger partial charge in [-0.3, -0.25) is 4.79 Å². The Hall–Kier alpha value is -2.53. The predicted molar refractivity (Wildman–Crippen MR) is 77.2 cm³/mol. The number of nitrogen functional groups attached to an aromatic ring is 1. The van der Waals surface area contributed by atoms with Crippen molar-refractivity contribution in [3.8, 4) is 0 Å². The number of hydrogen-bond acceptors (Lipinski definition) is 3. The van der Waals surface area contributed by atoms with Crippen molar-refractivity contribution >= 4 is 34.9 Å². The number of carboxylic acids is 1. The van der Waals surface area contributed by atoms with Crippen LogP contribution in [0, 0.1) is 0 Å². The van der Waals surface area contributed by atoms with Gasteiger partial charge in [0, 0.05) is 11.3 Å². The SMILES string of the molecule is Nc1cccc(C(=O)Nc2cccc(Cl)c2C(=O)O)c1. The third-order valence-corrected chi connectivity index (χ3v) is 2.94. The standard InChI is InChI=1S/C14H11ClN2O3/c15-10-5-2-6-11(12(10)14(19)20)17-13(18)8-3-1-4-9(16)7-8/h1-7H,16H2,(H,17,18)(H,19,20). The summed E-state index contributed by atoms with van der Waals surface area (Å²) in [6.07, 6.45) is 0. The van der Waals surface area contributed by atoms with Gasteiger partial charge in [0.05, 0.1) is 10.7 Å². The molecular weight excluding hydrogens is 280 g/mol. The first-order valence-electron chi connectivity index (χ1n) is 5.67. The van der Waals surface area contributed by atoms with Gasteiger partial charge in [-0.15, -0.1) is 0 Å². The van der Waals surface area contributed by atoms with E-state index in [1.165, 1.54) is 18.2 Å². The van der Waals surface area contributed by atoms with Crippen molar-refractivity contribution in [3.63, 3.8) is 0 Å². The fourth-order valence-corrected chi connectivity index (χ4v) is 1.98. The highest BCUT2D eigenvalue weighted by Crippen LogP contribution is 2.25. The Balaban J connectivity index is 2.33. The number of hydrogen-bond donors (Lipinski definition) is 3. The number of halogens is 1. The van der Waals surface area contributed by atoms with E-state index in [-0.39, 0.29) is 16.3 Å². The van der Waals surface area contributed by atoms with E-state index in [0.29, 0.717) is 11.3 Å². The minimum absolute atomic E-state index is 0.0582. The molecule has 0 atom stereocenters. The van der Waals surface area contributed by atoms with Crippen molar-refractivity contribution in [2.24, 2.45) is 0 Å². The minimum Gasteiger partial charge on any atom is -0.478 e. The van der Waals surface area contributed by atoms with Gasteiger partial charge in [0.2, 0.25) is 0 Å². The molecule has 102 valence electrons. The second-order valence-corrected chi connectivity index (χ2v) is 4.45. The molecule has 0 saturated carbocycles. The lowest BCUT2D eigenvalue weighted by Crippen LogP contribution is -2.15. The van der Waals surface area contributed by atoms with Crippen LogP contribution < -0.4 is 11.1 Å². The number of aromatic carboxylic acids is 1. The highest BCUT2D eigenvalue weighted by Gasteiger charge is 2.16. The molecule has 0 aliphatic heterocycles. The molecule has 2 rings (SSSR count). The summed E-state index contributed by atoms with van der Waals surface area (Å²) in [7, 11) is 0. The van der Waals surface area contributed by atoms with Crippen LogP contribution in [0.3, 0.4) is 0 Å². The third kappa shape index (κ3) is 2.89. The molecule has 0 fully saturated rings. The Kier molecular flexibility index (Phi) is 3.91. The molecule has 2 aromatic rings. The van der Waals surface area contributed by atoms with Crippen molar-refractivity contribution in [1.82, 2.24) is 0 Å². The summed E-state index contributed by atoms with van der Waals surface area (Å²) in [4.78, 5) is 23.2. The first-order valence-corrected chi connectivity index (χ1v) is 6.05. The number of carboxylic acid groups (broad SMARTS) is 1. The maximum absolute atomic E-state index is 12.0. The summed E-state index contributed by atoms with van der Waals surface area (Å²) in [5.41, 5.74) is 6.37. The largest absolute Gasteiger partial charge is 0.478 e. The normalized spacial score (nSPS) is 10.1. The fraction of sp³-hybridized carbons (Fsp3) is 0. The zero-order valence-electron chi connectivity index (χ0n) is 10.3. The monoisotopic (exact) mass is 290 g/mol. The van der Waals surface area contributed by atoms with Crippen LogP contribution in [0.4, 0.5) is 11.4 Å². The van der Waals surface area contributed by atoms with E-state index in [0.717, 1.165) is 0 Å². The Morgan fingerprint density at radius 1 is 1.15 bits per heavy atom. The summed E-state index contributed by atoms with van der Waals surface area (Å²) in [6, 6.07) is 10.8. The molecule has 0 aliphatic carbocycles. The van der Waals surface area contributed by atoms with Gasteiger partial charge >= 0.3 is 5.97 Å². The molecule has 4 N–H and O–H groups in total. The van der Waals surface area contributed by atoms with Crippen LogP contribution >= 0.6 is 11.6 Å². The number of benzene rings is 2. The lowest BCUT2D eigenvalue weighted by molar-refractivity contribution is 0.0698. The summed E-state index contributed by atoms with van der Waals surface area (Å²) < 4.78 is 0. The summed E-state index contributed by atoms with van der Waals surface area (Å²) in [5.74, 6) is -1.67. The summed E-state index contributed by atoms with van der Waals surface area (Å²) in [5, 5.41) is 11.7. The van der Waals surface area contributed by atoms with Crippen molar-refractivity contribution in [2.75, 3.05) is 11.1 Å².